The van der Waals surface area contributed by atoms with Crippen LogP contribution < -0.4 is 11.1 Å². The van der Waals surface area contributed by atoms with Gasteiger partial charge in [0.25, 0.3) is 0 Å². The van der Waals surface area contributed by atoms with E-state index < -0.39 is 0 Å². The Hall–Kier alpha value is -2.24. The van der Waals surface area contributed by atoms with Gasteiger partial charge in [0, 0.05) is 18.7 Å². The zero-order chi connectivity index (χ0) is 13.8. The zero-order valence-electron chi connectivity index (χ0n) is 10.9. The molecule has 1 saturated heterocycles. The Bertz CT molecular complexity index is 507. The summed E-state index contributed by atoms with van der Waals surface area (Å²) in [5.74, 6) is -0.00479. The molecule has 1 fully saturated rings. The molecule has 0 aromatic heterocycles. The fraction of sp³-hybridized carbons (Fsp3) is 0.385. The molecule has 2 amide bonds. The number of urea groups is 1. The molecular formula is C13H18N4O2. The van der Waals surface area contributed by atoms with Gasteiger partial charge in [-0.2, -0.15) is 0 Å². The van der Waals surface area contributed by atoms with E-state index >= 15 is 0 Å². The number of carbonyl (C=O) groups excluding carboxylic acids is 1. The van der Waals surface area contributed by atoms with Gasteiger partial charge in [0.05, 0.1) is 5.69 Å². The van der Waals surface area contributed by atoms with Crippen LogP contribution in [0, 0.1) is 6.92 Å². The highest BCUT2D eigenvalue weighted by molar-refractivity contribution is 6.06. The van der Waals surface area contributed by atoms with E-state index in [1.165, 1.54) is 0 Å². The van der Waals surface area contributed by atoms with E-state index in [9.17, 15) is 4.79 Å². The summed E-state index contributed by atoms with van der Waals surface area (Å²) in [6.07, 6.45) is 2.07. The van der Waals surface area contributed by atoms with Crippen molar-refractivity contribution in [2.75, 3.05) is 18.4 Å². The van der Waals surface area contributed by atoms with E-state index in [0.717, 1.165) is 31.5 Å². The van der Waals surface area contributed by atoms with Gasteiger partial charge in [0.15, 0.2) is 5.84 Å². The van der Waals surface area contributed by atoms with Crippen LogP contribution in [0.5, 0.6) is 0 Å². The number of rotatable bonds is 2. The first kappa shape index (κ1) is 13.2. The minimum Gasteiger partial charge on any atom is -0.409 e. The SMILES string of the molecule is Cc1cccc(NC(=O)N2CCCC2)c1/C(N)=N/O. The van der Waals surface area contributed by atoms with Gasteiger partial charge in [-0.1, -0.05) is 17.3 Å². The molecule has 4 N–H and O–H groups in total. The maximum Gasteiger partial charge on any atom is 0.321 e. The van der Waals surface area contributed by atoms with E-state index in [2.05, 4.69) is 10.5 Å². The number of aryl methyl sites for hydroxylation is 1. The van der Waals surface area contributed by atoms with Crippen molar-refractivity contribution < 1.29 is 10.0 Å². The second-order valence-electron chi connectivity index (χ2n) is 4.61. The summed E-state index contributed by atoms with van der Waals surface area (Å²) in [6, 6.07) is 5.27. The molecule has 0 unspecified atom stereocenters. The highest BCUT2D eigenvalue weighted by Crippen LogP contribution is 2.20. The van der Waals surface area contributed by atoms with Crippen LogP contribution >= 0.6 is 0 Å². The van der Waals surface area contributed by atoms with Crippen LogP contribution in [0.2, 0.25) is 0 Å². The monoisotopic (exact) mass is 262 g/mol. The van der Waals surface area contributed by atoms with Gasteiger partial charge in [0.1, 0.15) is 0 Å². The molecule has 1 aliphatic heterocycles. The van der Waals surface area contributed by atoms with Crippen molar-refractivity contribution in [1.82, 2.24) is 4.90 Å². The lowest BCUT2D eigenvalue weighted by molar-refractivity contribution is 0.222. The number of carbonyl (C=O) groups is 1. The second kappa shape index (κ2) is 5.60. The number of anilines is 1. The normalized spacial score (nSPS) is 15.6. The summed E-state index contributed by atoms with van der Waals surface area (Å²) in [5.41, 5.74) is 7.62. The first-order chi connectivity index (χ1) is 9.13. The lowest BCUT2D eigenvalue weighted by Crippen LogP contribution is -2.33. The highest BCUT2D eigenvalue weighted by atomic mass is 16.4. The largest absolute Gasteiger partial charge is 0.409 e. The number of nitrogens with two attached hydrogens (primary N) is 1. The van der Waals surface area contributed by atoms with Gasteiger partial charge < -0.3 is 21.2 Å². The smallest absolute Gasteiger partial charge is 0.321 e. The van der Waals surface area contributed by atoms with Crippen molar-refractivity contribution in [1.29, 1.82) is 0 Å². The predicted molar refractivity (Wildman–Crippen MR) is 73.5 cm³/mol. The molecule has 0 saturated carbocycles. The number of likely N-dealkylation sites (tertiary alicyclic amines) is 1. The topological polar surface area (TPSA) is 91.0 Å². The minimum atomic E-state index is -0.143. The summed E-state index contributed by atoms with van der Waals surface area (Å²) in [7, 11) is 0. The fourth-order valence-electron chi connectivity index (χ4n) is 2.28. The number of nitrogens with one attached hydrogen (secondary N) is 1. The second-order valence-corrected chi connectivity index (χ2v) is 4.61. The number of oxime groups is 1. The lowest BCUT2D eigenvalue weighted by atomic mass is 10.1. The Morgan fingerprint density at radius 1 is 1.42 bits per heavy atom. The van der Waals surface area contributed by atoms with Crippen LogP contribution in [0.1, 0.15) is 24.0 Å². The predicted octanol–water partition coefficient (Wildman–Crippen LogP) is 1.72. The third-order valence-electron chi connectivity index (χ3n) is 3.27. The quantitative estimate of drug-likeness (QED) is 0.328. The van der Waals surface area contributed by atoms with Gasteiger partial charge in [0.2, 0.25) is 0 Å². The fourth-order valence-corrected chi connectivity index (χ4v) is 2.28. The highest BCUT2D eigenvalue weighted by Gasteiger charge is 2.19. The Balaban J connectivity index is 2.24. The van der Waals surface area contributed by atoms with Crippen LogP contribution in [-0.2, 0) is 0 Å². The van der Waals surface area contributed by atoms with Gasteiger partial charge in [-0.3, -0.25) is 0 Å². The van der Waals surface area contributed by atoms with Gasteiger partial charge >= 0.3 is 6.03 Å². The molecule has 0 spiro atoms. The van der Waals surface area contributed by atoms with Gasteiger partial charge in [-0.25, -0.2) is 4.79 Å². The molecule has 0 radical (unpaired) electrons. The molecule has 0 aliphatic carbocycles. The summed E-state index contributed by atoms with van der Waals surface area (Å²) in [5, 5.41) is 14.7. The number of benzene rings is 1. The summed E-state index contributed by atoms with van der Waals surface area (Å²) in [6.45, 7) is 3.39. The molecule has 2 rings (SSSR count). The van der Waals surface area contributed by atoms with Crippen molar-refractivity contribution in [3.8, 4) is 0 Å². The molecule has 0 atom stereocenters. The molecule has 19 heavy (non-hydrogen) atoms. The number of amidine groups is 1. The molecule has 102 valence electrons. The van der Waals surface area contributed by atoms with Crippen molar-refractivity contribution in [3.05, 3.63) is 29.3 Å². The Labute approximate surface area is 111 Å². The number of hydrogen-bond donors (Lipinski definition) is 3. The molecule has 1 aromatic rings. The van der Waals surface area contributed by atoms with Crippen LogP contribution in [0.25, 0.3) is 0 Å². The van der Waals surface area contributed by atoms with E-state index in [0.29, 0.717) is 11.3 Å². The van der Waals surface area contributed by atoms with E-state index in [1.807, 2.05) is 19.1 Å². The van der Waals surface area contributed by atoms with Crippen LogP contribution in [0.4, 0.5) is 10.5 Å². The van der Waals surface area contributed by atoms with E-state index in [-0.39, 0.29) is 11.9 Å². The molecule has 0 bridgehead atoms. The van der Waals surface area contributed by atoms with Crippen LogP contribution in [0.15, 0.2) is 23.4 Å². The molecule has 1 aliphatic rings. The average Bonchev–Trinajstić information content (AvgIpc) is 2.92. The minimum absolute atomic E-state index is 0.00479. The lowest BCUT2D eigenvalue weighted by Gasteiger charge is -2.18. The maximum atomic E-state index is 12.1. The number of nitrogens with zero attached hydrogens (tertiary/aromatic N) is 2. The third kappa shape index (κ3) is 2.78. The van der Waals surface area contributed by atoms with Crippen LogP contribution in [0.3, 0.4) is 0 Å². The molecular weight excluding hydrogens is 244 g/mol. The maximum absolute atomic E-state index is 12.1. The Kier molecular flexibility index (Phi) is 3.89. The summed E-state index contributed by atoms with van der Waals surface area (Å²) in [4.78, 5) is 13.8. The first-order valence-corrected chi connectivity index (χ1v) is 6.27. The van der Waals surface area contributed by atoms with Crippen molar-refractivity contribution in [3.63, 3.8) is 0 Å². The van der Waals surface area contributed by atoms with Crippen molar-refractivity contribution in [2.45, 2.75) is 19.8 Å². The molecule has 6 nitrogen and oxygen atoms in total. The zero-order valence-corrected chi connectivity index (χ0v) is 10.9. The van der Waals surface area contributed by atoms with Crippen LogP contribution in [-0.4, -0.2) is 35.1 Å². The van der Waals surface area contributed by atoms with Gasteiger partial charge in [-0.05, 0) is 31.4 Å². The molecule has 1 aromatic carbocycles. The molecule has 1 heterocycles. The van der Waals surface area contributed by atoms with Crippen molar-refractivity contribution >= 4 is 17.6 Å². The summed E-state index contributed by atoms with van der Waals surface area (Å²) < 4.78 is 0. The third-order valence-corrected chi connectivity index (χ3v) is 3.27. The van der Waals surface area contributed by atoms with Gasteiger partial charge in [-0.15, -0.1) is 0 Å². The van der Waals surface area contributed by atoms with E-state index in [1.54, 1.807) is 11.0 Å². The standard InChI is InChI=1S/C13H18N4O2/c1-9-5-4-6-10(11(9)12(14)16-19)15-13(18)17-7-2-3-8-17/h4-6,19H,2-3,7-8H2,1H3,(H2,14,16)(H,15,18). The first-order valence-electron chi connectivity index (χ1n) is 6.27. The average molecular weight is 262 g/mol. The number of hydrogen-bond acceptors (Lipinski definition) is 3. The molecule has 6 heteroatoms. The van der Waals surface area contributed by atoms with E-state index in [4.69, 9.17) is 10.9 Å². The number of amides is 2. The summed E-state index contributed by atoms with van der Waals surface area (Å²) >= 11 is 0. The Morgan fingerprint density at radius 3 is 2.74 bits per heavy atom. The Morgan fingerprint density at radius 2 is 2.11 bits per heavy atom. The van der Waals surface area contributed by atoms with Crippen molar-refractivity contribution in [2.24, 2.45) is 10.9 Å².